The van der Waals surface area contributed by atoms with E-state index in [-0.39, 0.29) is 0 Å². The molecule has 0 saturated heterocycles. The molecule has 0 radical (unpaired) electrons. The minimum absolute atomic E-state index is 0.399. The van der Waals surface area contributed by atoms with Crippen molar-refractivity contribution in [1.82, 2.24) is 25.3 Å². The second-order valence-electron chi connectivity index (χ2n) is 4.69. The van der Waals surface area contributed by atoms with Crippen molar-refractivity contribution in [3.63, 3.8) is 0 Å². The summed E-state index contributed by atoms with van der Waals surface area (Å²) in [4.78, 5) is 8.61. The zero-order chi connectivity index (χ0) is 15.5. The fourth-order valence-corrected chi connectivity index (χ4v) is 3.94. The standard InChI is InChI=1S/C13H15IN5O3/c1-7-10(6-14-13-18-17-9(3)20-13)21-12(15-7)5-4-11-16-8(2)22-19-11/h4-6H2,1-3H3/q-1. The molecule has 3 heterocycles. The van der Waals surface area contributed by atoms with Gasteiger partial charge in [-0.3, -0.25) is 0 Å². The van der Waals surface area contributed by atoms with E-state index in [2.05, 4.69) is 25.3 Å². The molecule has 118 valence electrons. The normalized spacial score (nSPS) is 11.4. The van der Waals surface area contributed by atoms with E-state index in [0.717, 1.165) is 19.8 Å². The van der Waals surface area contributed by atoms with Gasteiger partial charge < -0.3 is 0 Å². The molecule has 0 aliphatic rings. The third kappa shape index (κ3) is 3.70. The molecular weight excluding hydrogens is 401 g/mol. The first-order valence-electron chi connectivity index (χ1n) is 6.74. The molecule has 0 aromatic carbocycles. The zero-order valence-electron chi connectivity index (χ0n) is 12.5. The van der Waals surface area contributed by atoms with Gasteiger partial charge in [0.05, 0.1) is 0 Å². The van der Waals surface area contributed by atoms with Crippen molar-refractivity contribution in [3.05, 3.63) is 38.8 Å². The summed E-state index contributed by atoms with van der Waals surface area (Å²) in [5.41, 5.74) is 0.912. The maximum absolute atomic E-state index is 5.81. The summed E-state index contributed by atoms with van der Waals surface area (Å²) in [5, 5.41) is 11.7. The molecule has 22 heavy (non-hydrogen) atoms. The molecule has 0 unspecified atom stereocenters. The first-order chi connectivity index (χ1) is 10.6. The molecule has 0 fully saturated rings. The Kier molecular flexibility index (Phi) is 4.50. The van der Waals surface area contributed by atoms with Gasteiger partial charge in [0, 0.05) is 0 Å². The van der Waals surface area contributed by atoms with Crippen LogP contribution in [0.3, 0.4) is 0 Å². The molecule has 0 aliphatic carbocycles. The molecule has 3 aromatic rings. The molecule has 0 atom stereocenters. The topological polar surface area (TPSA) is 104 Å². The predicted octanol–water partition coefficient (Wildman–Crippen LogP) is -1.39. The van der Waals surface area contributed by atoms with Crippen LogP contribution in [0, 0.1) is 24.7 Å². The Morgan fingerprint density at radius 3 is 2.50 bits per heavy atom. The number of rotatable bonds is 6. The first kappa shape index (κ1) is 15.1. The van der Waals surface area contributed by atoms with E-state index in [4.69, 9.17) is 13.4 Å². The van der Waals surface area contributed by atoms with Crippen molar-refractivity contribution in [2.75, 3.05) is 0 Å². The van der Waals surface area contributed by atoms with Gasteiger partial charge in [-0.25, -0.2) is 0 Å². The molecule has 0 spiro atoms. The van der Waals surface area contributed by atoms with Crippen LogP contribution in [0.25, 0.3) is 0 Å². The average molecular weight is 416 g/mol. The number of nitrogens with zero attached hydrogens (tertiary/aromatic N) is 5. The molecule has 8 nitrogen and oxygen atoms in total. The number of oxazole rings is 1. The molecule has 0 saturated carbocycles. The van der Waals surface area contributed by atoms with Crippen LogP contribution in [-0.2, 0) is 17.3 Å². The van der Waals surface area contributed by atoms with E-state index in [9.17, 15) is 0 Å². The summed E-state index contributed by atoms with van der Waals surface area (Å²) >= 11 is -0.399. The van der Waals surface area contributed by atoms with E-state index < -0.39 is 21.2 Å². The van der Waals surface area contributed by atoms with Gasteiger partial charge in [-0.2, -0.15) is 0 Å². The van der Waals surface area contributed by atoms with Crippen LogP contribution in [0.2, 0.25) is 0 Å². The Labute approximate surface area is 137 Å². The van der Waals surface area contributed by atoms with Crippen molar-refractivity contribution in [3.8, 4) is 0 Å². The van der Waals surface area contributed by atoms with E-state index in [1.165, 1.54) is 0 Å². The summed E-state index contributed by atoms with van der Waals surface area (Å²) in [7, 11) is 0. The van der Waals surface area contributed by atoms with Crippen molar-refractivity contribution in [2.45, 2.75) is 38.0 Å². The molecule has 0 bridgehead atoms. The van der Waals surface area contributed by atoms with Gasteiger partial charge in [-0.1, -0.05) is 0 Å². The van der Waals surface area contributed by atoms with Gasteiger partial charge in [0.25, 0.3) is 0 Å². The Hall–Kier alpha value is -1.78. The number of aromatic nitrogens is 5. The molecule has 0 amide bonds. The molecule has 3 rings (SSSR count). The minimum atomic E-state index is -0.399. The van der Waals surface area contributed by atoms with Crippen LogP contribution < -0.4 is 21.2 Å². The van der Waals surface area contributed by atoms with Crippen LogP contribution >= 0.6 is 0 Å². The quantitative estimate of drug-likeness (QED) is 0.358. The Bertz CT molecular complexity index is 763. The summed E-state index contributed by atoms with van der Waals surface area (Å²) < 4.78 is 17.7. The van der Waals surface area contributed by atoms with E-state index >= 15 is 0 Å². The van der Waals surface area contributed by atoms with E-state index in [1.54, 1.807) is 13.8 Å². The average Bonchev–Trinajstić information content (AvgIpc) is 3.16. The van der Waals surface area contributed by atoms with E-state index in [1.807, 2.05) is 6.92 Å². The number of hydrogen-bond acceptors (Lipinski definition) is 8. The Morgan fingerprint density at radius 2 is 1.82 bits per heavy atom. The molecular formula is C13H15IN5O3-. The fourth-order valence-electron chi connectivity index (χ4n) is 1.83. The van der Waals surface area contributed by atoms with Crippen molar-refractivity contribution < 1.29 is 34.6 Å². The van der Waals surface area contributed by atoms with Gasteiger partial charge in [0.2, 0.25) is 0 Å². The van der Waals surface area contributed by atoms with Crippen LogP contribution in [0.5, 0.6) is 0 Å². The molecule has 9 heteroatoms. The monoisotopic (exact) mass is 416 g/mol. The first-order valence-corrected chi connectivity index (χ1v) is 9.34. The van der Waals surface area contributed by atoms with Crippen LogP contribution in [0.4, 0.5) is 0 Å². The Morgan fingerprint density at radius 1 is 0.955 bits per heavy atom. The number of hydrogen-bond donors (Lipinski definition) is 0. The van der Waals surface area contributed by atoms with Crippen LogP contribution in [0.1, 0.15) is 35.0 Å². The second-order valence-corrected chi connectivity index (χ2v) is 7.14. The van der Waals surface area contributed by atoms with Crippen LogP contribution in [0.15, 0.2) is 13.4 Å². The Balaban J connectivity index is 1.58. The number of aryl methyl sites for hydroxylation is 5. The zero-order valence-corrected chi connectivity index (χ0v) is 14.6. The SMILES string of the molecule is Cc1nc(CCc2nc(C)c(C[I-]c3nnc(C)o3)o2)no1. The fraction of sp³-hybridized carbons (Fsp3) is 0.462. The van der Waals surface area contributed by atoms with Crippen molar-refractivity contribution in [1.29, 1.82) is 0 Å². The number of alkyl halides is 1. The maximum atomic E-state index is 5.81. The van der Waals surface area contributed by atoms with Gasteiger partial charge >= 0.3 is 137 Å². The molecule has 0 aliphatic heterocycles. The predicted molar refractivity (Wildman–Crippen MR) is 69.1 cm³/mol. The van der Waals surface area contributed by atoms with E-state index in [0.29, 0.717) is 36.3 Å². The summed E-state index contributed by atoms with van der Waals surface area (Å²) in [5.74, 6) is 3.42. The third-order valence-corrected chi connectivity index (χ3v) is 5.04. The molecule has 3 aromatic heterocycles. The van der Waals surface area contributed by atoms with Gasteiger partial charge in [0.15, 0.2) is 0 Å². The van der Waals surface area contributed by atoms with Crippen molar-refractivity contribution >= 4 is 0 Å². The van der Waals surface area contributed by atoms with Gasteiger partial charge in [-0.15, -0.1) is 0 Å². The van der Waals surface area contributed by atoms with Crippen LogP contribution in [-0.4, -0.2) is 25.3 Å². The summed E-state index contributed by atoms with van der Waals surface area (Å²) in [6, 6.07) is 0. The second kappa shape index (κ2) is 6.55. The summed E-state index contributed by atoms with van der Waals surface area (Å²) in [6.45, 7) is 5.51. The van der Waals surface area contributed by atoms with Gasteiger partial charge in [0.1, 0.15) is 0 Å². The third-order valence-electron chi connectivity index (χ3n) is 2.87. The number of halogens is 1. The van der Waals surface area contributed by atoms with Crippen molar-refractivity contribution in [2.24, 2.45) is 0 Å². The molecule has 0 N–H and O–H groups in total. The van der Waals surface area contributed by atoms with Gasteiger partial charge in [-0.05, 0) is 0 Å². The summed E-state index contributed by atoms with van der Waals surface area (Å²) in [6.07, 6.45) is 1.30.